The molecular formula is C9H9BO2. The van der Waals surface area contributed by atoms with Gasteiger partial charge in [0.25, 0.3) is 0 Å². The smallest absolute Gasteiger partial charge is 0.532 e. The van der Waals surface area contributed by atoms with Crippen molar-refractivity contribution in [1.29, 1.82) is 0 Å². The van der Waals surface area contributed by atoms with Crippen molar-refractivity contribution in [3.8, 4) is 0 Å². The van der Waals surface area contributed by atoms with Gasteiger partial charge in [-0.1, -0.05) is 30.3 Å². The maximum absolute atomic E-state index is 5.20. The minimum Gasteiger partial charge on any atom is -0.532 e. The van der Waals surface area contributed by atoms with Crippen molar-refractivity contribution in [1.82, 2.24) is 0 Å². The first kappa shape index (κ1) is 7.28. The summed E-state index contributed by atoms with van der Waals surface area (Å²) in [5, 5.41) is 0. The second-order valence-electron chi connectivity index (χ2n) is 2.68. The Labute approximate surface area is 72.1 Å². The van der Waals surface area contributed by atoms with Gasteiger partial charge in [0.2, 0.25) is 0 Å². The van der Waals surface area contributed by atoms with Gasteiger partial charge in [0, 0.05) is 6.42 Å². The Bertz CT molecular complexity index is 282. The van der Waals surface area contributed by atoms with Crippen molar-refractivity contribution in [3.05, 3.63) is 47.9 Å². The van der Waals surface area contributed by atoms with Gasteiger partial charge in [0.15, 0.2) is 0 Å². The zero-order valence-corrected chi connectivity index (χ0v) is 6.69. The lowest BCUT2D eigenvalue weighted by molar-refractivity contribution is 0.414. The quantitative estimate of drug-likeness (QED) is 0.608. The molecule has 0 fully saturated rings. The zero-order chi connectivity index (χ0) is 8.23. The summed E-state index contributed by atoms with van der Waals surface area (Å²) in [6, 6.07) is 10.2. The maximum Gasteiger partial charge on any atom is 0.576 e. The molecule has 0 spiro atoms. The molecule has 60 valence electrons. The zero-order valence-electron chi connectivity index (χ0n) is 6.69. The Morgan fingerprint density at radius 3 is 2.67 bits per heavy atom. The molecule has 0 radical (unpaired) electrons. The predicted octanol–water partition coefficient (Wildman–Crippen LogP) is 1.38. The summed E-state index contributed by atoms with van der Waals surface area (Å²) < 4.78 is 10.1. The Balaban J connectivity index is 2.04. The standard InChI is InChI=1S/C9H9BO2/c1-2-4-8(5-3-1)6-9-7-11-10-12-9/h1-5,7,10H,6H2. The van der Waals surface area contributed by atoms with Crippen LogP contribution >= 0.6 is 0 Å². The fourth-order valence-electron chi connectivity index (χ4n) is 1.16. The van der Waals surface area contributed by atoms with Gasteiger partial charge in [0.05, 0.1) is 6.26 Å². The molecule has 1 aromatic carbocycles. The molecule has 1 heterocycles. The molecule has 1 aliphatic rings. The summed E-state index contributed by atoms with van der Waals surface area (Å²) in [7, 11) is 0.363. The van der Waals surface area contributed by atoms with Gasteiger partial charge in [-0.25, -0.2) is 0 Å². The second-order valence-corrected chi connectivity index (χ2v) is 2.68. The Kier molecular flexibility index (Phi) is 2.03. The fraction of sp³-hybridized carbons (Fsp3) is 0.111. The SMILES string of the molecule is B1OC=C(Cc2ccccc2)O1. The van der Waals surface area contributed by atoms with Crippen molar-refractivity contribution >= 4 is 7.69 Å². The van der Waals surface area contributed by atoms with Gasteiger partial charge in [-0.2, -0.15) is 0 Å². The summed E-state index contributed by atoms with van der Waals surface area (Å²) in [5.41, 5.74) is 1.24. The number of benzene rings is 1. The normalized spacial score (nSPS) is 14.2. The first-order chi connectivity index (χ1) is 5.95. The molecule has 0 saturated carbocycles. The van der Waals surface area contributed by atoms with Crippen LogP contribution in [-0.4, -0.2) is 7.69 Å². The highest BCUT2D eigenvalue weighted by Gasteiger charge is 2.08. The molecule has 0 atom stereocenters. The van der Waals surface area contributed by atoms with Crippen molar-refractivity contribution in [2.75, 3.05) is 0 Å². The number of rotatable bonds is 2. The summed E-state index contributed by atoms with van der Waals surface area (Å²) in [6.45, 7) is 0. The van der Waals surface area contributed by atoms with E-state index in [9.17, 15) is 0 Å². The summed E-state index contributed by atoms with van der Waals surface area (Å²) in [6.07, 6.45) is 2.49. The van der Waals surface area contributed by atoms with Crippen LogP contribution < -0.4 is 0 Å². The Hall–Kier alpha value is -1.38. The van der Waals surface area contributed by atoms with E-state index in [0.29, 0.717) is 7.69 Å². The third-order valence-corrected chi connectivity index (χ3v) is 1.75. The molecule has 0 saturated heterocycles. The lowest BCUT2D eigenvalue weighted by Gasteiger charge is -2.00. The molecule has 0 bridgehead atoms. The van der Waals surface area contributed by atoms with Crippen molar-refractivity contribution in [2.24, 2.45) is 0 Å². The molecular weight excluding hydrogens is 151 g/mol. The average molecular weight is 160 g/mol. The molecule has 2 nitrogen and oxygen atoms in total. The van der Waals surface area contributed by atoms with Gasteiger partial charge in [0.1, 0.15) is 5.76 Å². The van der Waals surface area contributed by atoms with Crippen LogP contribution in [0.5, 0.6) is 0 Å². The largest absolute Gasteiger partial charge is 0.576 e. The molecule has 0 unspecified atom stereocenters. The lowest BCUT2D eigenvalue weighted by Crippen LogP contribution is -1.93. The highest BCUT2D eigenvalue weighted by atomic mass is 16.6. The highest BCUT2D eigenvalue weighted by molar-refractivity contribution is 6.19. The van der Waals surface area contributed by atoms with E-state index in [1.54, 1.807) is 6.26 Å². The molecule has 0 aliphatic carbocycles. The van der Waals surface area contributed by atoms with Crippen LogP contribution in [0, 0.1) is 0 Å². The van der Waals surface area contributed by atoms with E-state index in [2.05, 4.69) is 12.1 Å². The predicted molar refractivity (Wildman–Crippen MR) is 47.5 cm³/mol. The summed E-state index contributed by atoms with van der Waals surface area (Å²) in [5.74, 6) is 0.904. The van der Waals surface area contributed by atoms with Crippen LogP contribution in [0.25, 0.3) is 0 Å². The van der Waals surface area contributed by atoms with E-state index in [1.807, 2.05) is 18.2 Å². The van der Waals surface area contributed by atoms with Gasteiger partial charge in [-0.05, 0) is 5.56 Å². The number of allylic oxidation sites excluding steroid dienone is 1. The van der Waals surface area contributed by atoms with Gasteiger partial charge >= 0.3 is 7.69 Å². The van der Waals surface area contributed by atoms with Gasteiger partial charge in [-0.3, -0.25) is 0 Å². The monoisotopic (exact) mass is 160 g/mol. The third kappa shape index (κ3) is 1.61. The average Bonchev–Trinajstić information content (AvgIpc) is 2.59. The van der Waals surface area contributed by atoms with Gasteiger partial charge < -0.3 is 9.31 Å². The van der Waals surface area contributed by atoms with Crippen LogP contribution in [-0.2, 0) is 15.7 Å². The minimum atomic E-state index is 0.363. The minimum absolute atomic E-state index is 0.363. The van der Waals surface area contributed by atoms with Crippen LogP contribution in [0.15, 0.2) is 42.4 Å². The lowest BCUT2D eigenvalue weighted by atomic mass is 10.1. The Morgan fingerprint density at radius 1 is 1.17 bits per heavy atom. The highest BCUT2D eigenvalue weighted by Crippen LogP contribution is 2.12. The van der Waals surface area contributed by atoms with Crippen molar-refractivity contribution in [2.45, 2.75) is 6.42 Å². The molecule has 0 N–H and O–H groups in total. The van der Waals surface area contributed by atoms with Crippen LogP contribution in [0.4, 0.5) is 0 Å². The van der Waals surface area contributed by atoms with Crippen molar-refractivity contribution in [3.63, 3.8) is 0 Å². The van der Waals surface area contributed by atoms with E-state index < -0.39 is 0 Å². The molecule has 0 amide bonds. The number of hydrogen-bond acceptors (Lipinski definition) is 2. The molecule has 3 heteroatoms. The topological polar surface area (TPSA) is 18.5 Å². The summed E-state index contributed by atoms with van der Waals surface area (Å²) in [4.78, 5) is 0. The third-order valence-electron chi connectivity index (χ3n) is 1.75. The number of hydrogen-bond donors (Lipinski definition) is 0. The van der Waals surface area contributed by atoms with E-state index in [-0.39, 0.29) is 0 Å². The summed E-state index contributed by atoms with van der Waals surface area (Å²) >= 11 is 0. The van der Waals surface area contributed by atoms with Crippen molar-refractivity contribution < 1.29 is 9.31 Å². The molecule has 1 aromatic rings. The maximum atomic E-state index is 5.20. The Morgan fingerprint density at radius 2 is 2.00 bits per heavy atom. The fourth-order valence-corrected chi connectivity index (χ4v) is 1.16. The molecule has 1 aliphatic heterocycles. The van der Waals surface area contributed by atoms with Crippen LogP contribution in [0.3, 0.4) is 0 Å². The first-order valence-corrected chi connectivity index (χ1v) is 3.92. The first-order valence-electron chi connectivity index (χ1n) is 3.92. The second kappa shape index (κ2) is 3.35. The van der Waals surface area contributed by atoms with Crippen LogP contribution in [0.1, 0.15) is 5.56 Å². The molecule has 0 aromatic heterocycles. The van der Waals surface area contributed by atoms with E-state index in [1.165, 1.54) is 5.56 Å². The van der Waals surface area contributed by atoms with Gasteiger partial charge in [-0.15, -0.1) is 0 Å². The van der Waals surface area contributed by atoms with Crippen LogP contribution in [0.2, 0.25) is 0 Å². The van der Waals surface area contributed by atoms with E-state index in [4.69, 9.17) is 9.31 Å². The molecule has 2 rings (SSSR count). The van der Waals surface area contributed by atoms with E-state index >= 15 is 0 Å². The molecule has 12 heavy (non-hydrogen) atoms. The van der Waals surface area contributed by atoms with E-state index in [0.717, 1.165) is 12.2 Å².